The van der Waals surface area contributed by atoms with Crippen molar-refractivity contribution in [2.45, 2.75) is 149 Å². The molecule has 4 nitrogen and oxygen atoms in total. The first-order chi connectivity index (χ1) is 15.0. The van der Waals surface area contributed by atoms with Crippen LogP contribution in [0.15, 0.2) is 0 Å². The summed E-state index contributed by atoms with van der Waals surface area (Å²) in [5.74, 6) is -0.833. The summed E-state index contributed by atoms with van der Waals surface area (Å²) in [6.07, 6.45) is 19.2. The van der Waals surface area contributed by atoms with E-state index in [9.17, 15) is 0 Å². The second-order valence-electron chi connectivity index (χ2n) is 7.92. The van der Waals surface area contributed by atoms with E-state index < -0.39 is 5.97 Å². The summed E-state index contributed by atoms with van der Waals surface area (Å²) in [7, 11) is 0. The van der Waals surface area contributed by atoms with Crippen molar-refractivity contribution in [3.05, 3.63) is 0 Å². The molecule has 0 bridgehead atoms. The number of aliphatic hydroxyl groups excluding tert-OH is 1. The van der Waals surface area contributed by atoms with E-state index in [4.69, 9.17) is 15.0 Å². The fraction of sp³-hybridized carbons (Fsp3) is 0.962. The summed E-state index contributed by atoms with van der Waals surface area (Å²) in [5.41, 5.74) is 0. The molecule has 0 atom stereocenters. The number of unbranched alkanes of at least 4 members (excludes halogenated alkanes) is 9. The molecule has 4 N–H and O–H groups in total. The summed E-state index contributed by atoms with van der Waals surface area (Å²) >= 11 is 0.299. The molecule has 0 rings (SSSR count). The van der Waals surface area contributed by atoms with Crippen LogP contribution in [-0.4, -0.2) is 70.5 Å². The second kappa shape index (κ2) is 49.2. The summed E-state index contributed by atoms with van der Waals surface area (Å²) in [4.78, 5) is 9.00. The van der Waals surface area contributed by atoms with Crippen LogP contribution in [0.25, 0.3) is 0 Å². The van der Waals surface area contributed by atoms with Gasteiger partial charge < -0.3 is 15.7 Å². The maximum Gasteiger partial charge on any atom is -0.412 e. The number of hydrogen-bond acceptors (Lipinski definition) is 2. The van der Waals surface area contributed by atoms with Crippen molar-refractivity contribution in [3.63, 3.8) is 0 Å². The fourth-order valence-electron chi connectivity index (χ4n) is 2.35. The first-order valence-electron chi connectivity index (χ1n) is 13.2. The van der Waals surface area contributed by atoms with E-state index in [0.717, 1.165) is 13.3 Å². The van der Waals surface area contributed by atoms with Gasteiger partial charge in [0, 0.05) is 13.5 Å². The fourth-order valence-corrected chi connectivity index (χ4v) is 10.7. The molecular formula is C26H60O4Sn2. The van der Waals surface area contributed by atoms with Crippen molar-refractivity contribution in [2.24, 2.45) is 0 Å². The van der Waals surface area contributed by atoms with Crippen molar-refractivity contribution in [1.82, 2.24) is 0 Å². The van der Waals surface area contributed by atoms with Crippen LogP contribution in [0.5, 0.6) is 0 Å². The van der Waals surface area contributed by atoms with Crippen LogP contribution in [0.4, 0.5) is 0 Å². The van der Waals surface area contributed by atoms with Gasteiger partial charge in [-0.1, -0.05) is 39.0 Å². The first kappa shape index (κ1) is 43.1. The van der Waals surface area contributed by atoms with Gasteiger partial charge in [-0.25, -0.2) is 0 Å². The van der Waals surface area contributed by atoms with Crippen LogP contribution in [0.3, 0.4) is 0 Å². The van der Waals surface area contributed by atoms with Crippen molar-refractivity contribution < 1.29 is 20.5 Å². The average molecular weight is 674 g/mol. The Kier molecular flexibility index (Phi) is 66.2. The topological polar surface area (TPSA) is 89.0 Å². The average Bonchev–Trinajstić information content (AvgIpc) is 2.74. The van der Waals surface area contributed by atoms with Gasteiger partial charge in [-0.15, -0.1) is 0 Å². The van der Waals surface area contributed by atoms with Crippen molar-refractivity contribution >= 4 is 48.3 Å². The van der Waals surface area contributed by atoms with Crippen LogP contribution < -0.4 is 0 Å². The van der Waals surface area contributed by atoms with Crippen molar-refractivity contribution in [3.8, 4) is 0 Å². The van der Waals surface area contributed by atoms with E-state index in [1.54, 1.807) is 17.7 Å². The van der Waals surface area contributed by atoms with Crippen LogP contribution in [-0.2, 0) is 4.79 Å². The predicted octanol–water partition coefficient (Wildman–Crippen LogP) is 7.86. The normalized spacial score (nSPS) is 9.22. The molecule has 0 unspecified atom stereocenters. The summed E-state index contributed by atoms with van der Waals surface area (Å²) < 4.78 is 6.50. The van der Waals surface area contributed by atoms with E-state index in [-0.39, 0.29) is 47.8 Å². The van der Waals surface area contributed by atoms with Gasteiger partial charge in [0.25, 0.3) is 5.97 Å². The number of aliphatic hydroxyl groups is 1. The molecule has 0 aromatic carbocycles. The maximum atomic E-state index is 9.00. The molecule has 32 heavy (non-hydrogen) atoms. The Morgan fingerprint density at radius 1 is 0.562 bits per heavy atom. The van der Waals surface area contributed by atoms with Gasteiger partial charge in [0.15, 0.2) is 0 Å². The number of carboxylic acid groups (broad SMARTS) is 1. The van der Waals surface area contributed by atoms with Gasteiger partial charge in [0.1, 0.15) is 0 Å². The van der Waals surface area contributed by atoms with E-state index in [2.05, 4.69) is 34.6 Å². The molecule has 0 fully saturated rings. The minimum absolute atomic E-state index is 0. The molecule has 0 aliphatic rings. The maximum absolute atomic E-state index is 9.00. The minimum Gasteiger partial charge on any atom is -0.412 e. The molecule has 0 heterocycles. The molecule has 0 aliphatic heterocycles. The zero-order chi connectivity index (χ0) is 24.4. The van der Waals surface area contributed by atoms with E-state index in [0.29, 0.717) is 6.61 Å². The van der Waals surface area contributed by atoms with Crippen molar-refractivity contribution in [2.75, 3.05) is 6.61 Å². The number of hydrogen-bond donors (Lipinski definition) is 2. The molecule has 0 saturated heterocycles. The van der Waals surface area contributed by atoms with Crippen LogP contribution in [0.1, 0.15) is 131 Å². The van der Waals surface area contributed by atoms with Gasteiger partial charge in [-0.3, -0.25) is 4.79 Å². The second-order valence-corrected chi connectivity index (χ2v) is 16.5. The number of carboxylic acids is 1. The molecule has 0 spiro atoms. The van der Waals surface area contributed by atoms with E-state index in [1.807, 2.05) is 0 Å². The summed E-state index contributed by atoms with van der Waals surface area (Å²) in [5, 5.41) is 15.8. The molecule has 0 aromatic heterocycles. The minimum atomic E-state index is -0.833. The first-order valence-corrected chi connectivity index (χ1v) is 21.3. The van der Waals surface area contributed by atoms with Gasteiger partial charge in [0.05, 0.1) is 0 Å². The molecule has 0 saturated carbocycles. The van der Waals surface area contributed by atoms with Crippen LogP contribution >= 0.6 is 0 Å². The van der Waals surface area contributed by atoms with Gasteiger partial charge in [-0.05, 0) is 6.42 Å². The Bertz CT molecular complexity index is 225. The Labute approximate surface area is 223 Å². The van der Waals surface area contributed by atoms with E-state index >= 15 is 0 Å². The number of aliphatic carboxylic acids is 1. The van der Waals surface area contributed by atoms with Gasteiger partial charge in [-0.2, -0.15) is 0 Å². The smallest absolute Gasteiger partial charge is 0.412 e. The largest absolute Gasteiger partial charge is 0.412 e. The molecule has 0 aliphatic carbocycles. The SMILES string of the molecule is CC(=O)O.CCCCCCCCO.CCC[CH2][Sn][CH2]CCC.CCC[CH2][Sn][CH2]CCC.O. The van der Waals surface area contributed by atoms with Gasteiger partial charge in [0.2, 0.25) is 0 Å². The molecule has 0 amide bonds. The molecule has 0 aromatic rings. The summed E-state index contributed by atoms with van der Waals surface area (Å²) in [6.45, 7) is 12.8. The van der Waals surface area contributed by atoms with Crippen LogP contribution in [0, 0.1) is 0 Å². The predicted molar refractivity (Wildman–Crippen MR) is 148 cm³/mol. The number of carbonyl (C=O) groups is 1. The number of rotatable bonds is 18. The third kappa shape index (κ3) is 77.3. The Balaban J connectivity index is -0.000000104. The van der Waals surface area contributed by atoms with E-state index in [1.165, 1.54) is 83.5 Å². The Morgan fingerprint density at radius 3 is 1.06 bits per heavy atom. The van der Waals surface area contributed by atoms with Gasteiger partial charge >= 0.3 is 139 Å². The Morgan fingerprint density at radius 2 is 0.812 bits per heavy atom. The zero-order valence-electron chi connectivity index (χ0n) is 22.7. The third-order valence-electron chi connectivity index (χ3n) is 4.34. The van der Waals surface area contributed by atoms with Crippen molar-refractivity contribution in [1.29, 1.82) is 0 Å². The monoisotopic (exact) mass is 676 g/mol. The summed E-state index contributed by atoms with van der Waals surface area (Å²) in [6, 6.07) is 0. The van der Waals surface area contributed by atoms with Crippen LogP contribution in [0.2, 0.25) is 17.7 Å². The molecule has 4 radical (unpaired) electrons. The molecule has 196 valence electrons. The Hall–Kier alpha value is 0.987. The zero-order valence-corrected chi connectivity index (χ0v) is 28.4. The third-order valence-corrected chi connectivity index (χ3v) is 12.4. The molecule has 6 heteroatoms. The standard InChI is InChI=1S/C8H18O.4C4H9.C2H4O2.H2O.2Sn/c1-2-3-4-5-6-7-8-9;4*1-3-4-2;1-2(3)4;;;/h9H,2-8H2,1H3;4*1,3-4H2,2H3;1H3,(H,3,4);1H2;;. The quantitative estimate of drug-likeness (QED) is 0.115. The molecular weight excluding hydrogens is 614 g/mol.